The maximum atomic E-state index is 11.3. The first-order valence-electron chi connectivity index (χ1n) is 8.74. The Morgan fingerprint density at radius 2 is 1.44 bits per heavy atom. The molecule has 0 aliphatic carbocycles. The van der Waals surface area contributed by atoms with Gasteiger partial charge in [0, 0.05) is 24.3 Å². The van der Waals surface area contributed by atoms with Gasteiger partial charge in [-0.05, 0) is 23.3 Å². The summed E-state index contributed by atoms with van der Waals surface area (Å²) in [4.78, 5) is 42.4. The molecule has 170 valence electrons. The summed E-state index contributed by atoms with van der Waals surface area (Å²) in [6, 6.07) is 7.34. The molecule has 1 atom stereocenters. The van der Waals surface area contributed by atoms with E-state index in [9.17, 15) is 34.9 Å². The summed E-state index contributed by atoms with van der Waals surface area (Å²) in [6.45, 7) is 2.89. The average Bonchev–Trinajstić information content (AvgIpc) is 2.81. The second-order valence-corrected chi connectivity index (χ2v) is 6.03. The van der Waals surface area contributed by atoms with Crippen LogP contribution in [0.1, 0.15) is 37.9 Å². The highest BCUT2D eigenvalue weighted by molar-refractivity contribution is 5.91. The van der Waals surface area contributed by atoms with E-state index in [1.54, 1.807) is 0 Å². The standard InChI is InChI=1S/C10H11NO6.C10H9NO4/c1-17-10(14)7-2-6(9(13)5-12)3-8(4-7)11(15)16;1-3-7-4-8(10(12)15-2)6-9(5-7)11(13)14/h2-4,9,12-13H,5H2,1H3;3-6H,1H2,2H3. The number of aliphatic hydroxyl groups excluding tert-OH is 2. The number of non-ortho nitro benzene ring substituents is 2. The van der Waals surface area contributed by atoms with Gasteiger partial charge in [-0.1, -0.05) is 12.7 Å². The van der Waals surface area contributed by atoms with Crippen LogP contribution in [0.4, 0.5) is 11.4 Å². The van der Waals surface area contributed by atoms with Crippen LogP contribution in [0.2, 0.25) is 0 Å². The predicted octanol–water partition coefficient (Wildman–Crippen LogP) is 2.43. The van der Waals surface area contributed by atoms with Crippen molar-refractivity contribution in [3.63, 3.8) is 0 Å². The van der Waals surface area contributed by atoms with Gasteiger partial charge in [-0.25, -0.2) is 9.59 Å². The Balaban J connectivity index is 0.000000323. The van der Waals surface area contributed by atoms with Crippen molar-refractivity contribution in [1.82, 2.24) is 0 Å². The molecule has 0 amide bonds. The van der Waals surface area contributed by atoms with E-state index in [4.69, 9.17) is 5.11 Å². The summed E-state index contributed by atoms with van der Waals surface area (Å²) < 4.78 is 8.91. The molecule has 0 heterocycles. The number of nitro benzene ring substituents is 2. The zero-order chi connectivity index (χ0) is 24.4. The summed E-state index contributed by atoms with van der Waals surface area (Å²) in [5.74, 6) is -1.36. The quantitative estimate of drug-likeness (QED) is 0.363. The van der Waals surface area contributed by atoms with Crippen LogP contribution in [0.15, 0.2) is 43.0 Å². The van der Waals surface area contributed by atoms with E-state index in [1.807, 2.05) is 0 Å². The molecule has 0 bridgehead atoms. The van der Waals surface area contributed by atoms with Gasteiger partial charge in [0.2, 0.25) is 0 Å². The van der Waals surface area contributed by atoms with Crippen LogP contribution < -0.4 is 0 Å². The number of esters is 2. The maximum Gasteiger partial charge on any atom is 0.338 e. The smallest absolute Gasteiger partial charge is 0.338 e. The van der Waals surface area contributed by atoms with Gasteiger partial charge in [0.25, 0.3) is 11.4 Å². The third kappa shape index (κ3) is 6.97. The highest BCUT2D eigenvalue weighted by Gasteiger charge is 2.18. The van der Waals surface area contributed by atoms with Crippen LogP contribution in [0, 0.1) is 20.2 Å². The largest absolute Gasteiger partial charge is 0.465 e. The lowest BCUT2D eigenvalue weighted by molar-refractivity contribution is -0.385. The molecule has 0 aliphatic rings. The van der Waals surface area contributed by atoms with E-state index in [1.165, 1.54) is 37.5 Å². The minimum absolute atomic E-state index is 0.0517. The number of methoxy groups -OCH3 is 2. The van der Waals surface area contributed by atoms with Gasteiger partial charge in [0.1, 0.15) is 6.10 Å². The van der Waals surface area contributed by atoms with Crippen LogP contribution in [0.25, 0.3) is 6.08 Å². The van der Waals surface area contributed by atoms with E-state index < -0.39 is 34.5 Å². The number of carbonyl (C=O) groups is 2. The van der Waals surface area contributed by atoms with Gasteiger partial charge >= 0.3 is 11.9 Å². The van der Waals surface area contributed by atoms with E-state index in [2.05, 4.69) is 16.1 Å². The van der Waals surface area contributed by atoms with Gasteiger partial charge in [-0.2, -0.15) is 0 Å². The van der Waals surface area contributed by atoms with Crippen LogP contribution in [0.5, 0.6) is 0 Å². The fourth-order valence-corrected chi connectivity index (χ4v) is 2.37. The molecule has 0 aliphatic heterocycles. The number of aliphatic hydroxyl groups is 2. The number of nitro groups is 2. The zero-order valence-electron chi connectivity index (χ0n) is 17.1. The molecular formula is C20H20N2O10. The first-order valence-corrected chi connectivity index (χ1v) is 8.74. The summed E-state index contributed by atoms with van der Waals surface area (Å²) in [6.07, 6.45) is 0.151. The number of nitrogens with zero attached hydrogens (tertiary/aromatic N) is 2. The van der Waals surface area contributed by atoms with Crippen molar-refractivity contribution in [3.05, 3.63) is 85.5 Å². The molecule has 2 rings (SSSR count). The predicted molar refractivity (Wildman–Crippen MR) is 111 cm³/mol. The lowest BCUT2D eigenvalue weighted by Gasteiger charge is -2.08. The molecule has 0 saturated carbocycles. The molecule has 2 aromatic rings. The summed E-state index contributed by atoms with van der Waals surface area (Å²) in [7, 11) is 2.36. The number of rotatable bonds is 7. The first-order chi connectivity index (χ1) is 15.1. The van der Waals surface area contributed by atoms with Gasteiger partial charge in [-0.3, -0.25) is 20.2 Å². The summed E-state index contributed by atoms with van der Waals surface area (Å²) in [5, 5.41) is 39.3. The highest BCUT2D eigenvalue weighted by atomic mass is 16.6. The second kappa shape index (κ2) is 11.9. The Labute approximate surface area is 181 Å². The van der Waals surface area contributed by atoms with Crippen molar-refractivity contribution in [2.45, 2.75) is 6.10 Å². The summed E-state index contributed by atoms with van der Waals surface area (Å²) >= 11 is 0. The maximum absolute atomic E-state index is 11.3. The molecule has 12 nitrogen and oxygen atoms in total. The van der Waals surface area contributed by atoms with Gasteiger partial charge < -0.3 is 19.7 Å². The second-order valence-electron chi connectivity index (χ2n) is 6.03. The molecule has 32 heavy (non-hydrogen) atoms. The van der Waals surface area contributed by atoms with Gasteiger partial charge in [-0.15, -0.1) is 0 Å². The molecule has 1 unspecified atom stereocenters. The van der Waals surface area contributed by atoms with Crippen molar-refractivity contribution < 1.29 is 39.1 Å². The third-order valence-corrected chi connectivity index (χ3v) is 3.94. The highest BCUT2D eigenvalue weighted by Crippen LogP contribution is 2.22. The lowest BCUT2D eigenvalue weighted by Crippen LogP contribution is -2.08. The number of hydrogen-bond donors (Lipinski definition) is 2. The van der Waals surface area contributed by atoms with E-state index in [0.29, 0.717) is 5.56 Å². The minimum Gasteiger partial charge on any atom is -0.465 e. The van der Waals surface area contributed by atoms with Crippen molar-refractivity contribution >= 4 is 29.4 Å². The van der Waals surface area contributed by atoms with Gasteiger partial charge in [0.05, 0.1) is 41.8 Å². The van der Waals surface area contributed by atoms with E-state index in [-0.39, 0.29) is 28.1 Å². The average molecular weight is 448 g/mol. The topological polar surface area (TPSA) is 179 Å². The van der Waals surface area contributed by atoms with Crippen molar-refractivity contribution in [2.75, 3.05) is 20.8 Å². The minimum atomic E-state index is -1.28. The molecule has 0 spiro atoms. The van der Waals surface area contributed by atoms with Crippen LogP contribution >= 0.6 is 0 Å². The number of hydrogen-bond acceptors (Lipinski definition) is 10. The lowest BCUT2D eigenvalue weighted by atomic mass is 10.1. The molecule has 12 heteroatoms. The molecular weight excluding hydrogens is 428 g/mol. The molecule has 0 saturated heterocycles. The van der Waals surface area contributed by atoms with Gasteiger partial charge in [0.15, 0.2) is 0 Å². The summed E-state index contributed by atoms with van der Waals surface area (Å²) in [5.41, 5.74) is 0.167. The SMILES string of the molecule is C=Cc1cc(C(=O)OC)cc([N+](=O)[O-])c1.COC(=O)c1cc(C(O)CO)cc([N+](=O)[O-])c1. The fourth-order valence-electron chi connectivity index (χ4n) is 2.37. The molecule has 0 aromatic heterocycles. The van der Waals surface area contributed by atoms with Crippen LogP contribution in [-0.2, 0) is 9.47 Å². The third-order valence-electron chi connectivity index (χ3n) is 3.94. The first kappa shape index (κ1) is 25.9. The molecule has 2 N–H and O–H groups in total. The Morgan fingerprint density at radius 1 is 0.969 bits per heavy atom. The number of carbonyl (C=O) groups excluding carboxylic acids is 2. The van der Waals surface area contributed by atoms with Crippen LogP contribution in [-0.4, -0.2) is 52.8 Å². The fraction of sp³-hybridized carbons (Fsp3) is 0.200. The Morgan fingerprint density at radius 3 is 1.84 bits per heavy atom. The Hall–Kier alpha value is -4.16. The van der Waals surface area contributed by atoms with Crippen molar-refractivity contribution in [2.24, 2.45) is 0 Å². The number of ether oxygens (including phenoxy) is 2. The molecule has 2 aromatic carbocycles. The van der Waals surface area contributed by atoms with Crippen molar-refractivity contribution in [1.29, 1.82) is 0 Å². The number of benzene rings is 2. The zero-order valence-corrected chi connectivity index (χ0v) is 17.1. The molecule has 0 fully saturated rings. The molecule has 0 radical (unpaired) electrons. The van der Waals surface area contributed by atoms with E-state index >= 15 is 0 Å². The van der Waals surface area contributed by atoms with E-state index in [0.717, 1.165) is 19.2 Å². The Kier molecular flexibility index (Phi) is 9.61. The van der Waals surface area contributed by atoms with Crippen molar-refractivity contribution in [3.8, 4) is 0 Å². The Bertz CT molecular complexity index is 1040. The monoisotopic (exact) mass is 448 g/mol. The normalized spacial score (nSPS) is 10.8. The van der Waals surface area contributed by atoms with Crippen LogP contribution in [0.3, 0.4) is 0 Å².